The molecular weight excluding hydrogens is 188 g/mol. The van der Waals surface area contributed by atoms with E-state index < -0.39 is 0 Å². The van der Waals surface area contributed by atoms with Crippen molar-refractivity contribution in [2.75, 3.05) is 6.61 Å². The van der Waals surface area contributed by atoms with Crippen LogP contribution >= 0.6 is 0 Å². The van der Waals surface area contributed by atoms with Gasteiger partial charge < -0.3 is 4.74 Å². The molecule has 1 aromatic carbocycles. The monoisotopic (exact) mass is 206 g/mol. The van der Waals surface area contributed by atoms with Crippen LogP contribution in [0.25, 0.3) is 0 Å². The fourth-order valence-electron chi connectivity index (χ4n) is 1.73. The average molecular weight is 206 g/mol. The van der Waals surface area contributed by atoms with Gasteiger partial charge in [-0.05, 0) is 31.4 Å². The van der Waals surface area contributed by atoms with E-state index in [0.29, 0.717) is 6.61 Å². The summed E-state index contributed by atoms with van der Waals surface area (Å²) in [5.41, 5.74) is 2.23. The topological polar surface area (TPSA) is 26.3 Å². The Hall–Kier alpha value is -1.31. The maximum Gasteiger partial charge on any atom is 0.313 e. The molecule has 1 atom stereocenters. The molecule has 2 nitrogen and oxygen atoms in total. The molecule has 0 fully saturated rings. The van der Waals surface area contributed by atoms with Gasteiger partial charge in [0.05, 0.1) is 12.5 Å². The number of hydrogen-bond donors (Lipinski definition) is 0. The summed E-state index contributed by atoms with van der Waals surface area (Å²) in [5.74, 6) is -0.236. The van der Waals surface area contributed by atoms with Gasteiger partial charge in [0, 0.05) is 0 Å². The van der Waals surface area contributed by atoms with E-state index in [9.17, 15) is 4.79 Å². The lowest BCUT2D eigenvalue weighted by molar-refractivity contribution is -0.145. The highest BCUT2D eigenvalue weighted by Gasteiger charge is 2.20. The second-order valence-electron chi connectivity index (χ2n) is 3.57. The highest BCUT2D eigenvalue weighted by Crippen LogP contribution is 2.24. The van der Waals surface area contributed by atoms with E-state index >= 15 is 0 Å². The highest BCUT2D eigenvalue weighted by molar-refractivity contribution is 5.78. The maximum absolute atomic E-state index is 11.7. The molecule has 82 valence electrons. The van der Waals surface area contributed by atoms with E-state index in [1.807, 2.05) is 45.0 Å². The largest absolute Gasteiger partial charge is 0.466 e. The van der Waals surface area contributed by atoms with E-state index in [0.717, 1.165) is 17.5 Å². The maximum atomic E-state index is 11.7. The molecule has 1 unspecified atom stereocenters. The normalized spacial score (nSPS) is 12.2. The zero-order valence-corrected chi connectivity index (χ0v) is 9.62. The lowest BCUT2D eigenvalue weighted by Crippen LogP contribution is -2.16. The number of carbonyl (C=O) groups excluding carboxylic acids is 1. The Bertz CT molecular complexity index is 331. The van der Waals surface area contributed by atoms with Crippen LogP contribution in [0.4, 0.5) is 0 Å². The quantitative estimate of drug-likeness (QED) is 0.708. The van der Waals surface area contributed by atoms with Crippen LogP contribution in [0, 0.1) is 6.92 Å². The van der Waals surface area contributed by atoms with Crippen LogP contribution in [0.5, 0.6) is 0 Å². The van der Waals surface area contributed by atoms with Crippen LogP contribution in [-0.4, -0.2) is 12.6 Å². The van der Waals surface area contributed by atoms with Crippen LogP contribution in [-0.2, 0) is 9.53 Å². The van der Waals surface area contributed by atoms with Crippen LogP contribution in [0.2, 0.25) is 0 Å². The van der Waals surface area contributed by atoms with E-state index in [2.05, 4.69) is 0 Å². The summed E-state index contributed by atoms with van der Waals surface area (Å²) >= 11 is 0. The molecule has 0 aliphatic rings. The molecule has 0 radical (unpaired) electrons. The van der Waals surface area contributed by atoms with Crippen molar-refractivity contribution in [3.05, 3.63) is 35.4 Å². The third-order valence-corrected chi connectivity index (χ3v) is 2.54. The van der Waals surface area contributed by atoms with Gasteiger partial charge in [0.2, 0.25) is 0 Å². The zero-order chi connectivity index (χ0) is 11.3. The molecule has 0 saturated heterocycles. The minimum Gasteiger partial charge on any atom is -0.466 e. The van der Waals surface area contributed by atoms with Crippen molar-refractivity contribution in [3.8, 4) is 0 Å². The Balaban J connectivity index is 2.92. The standard InChI is InChI=1S/C13H18O2/c1-4-11(13(14)15-5-2)12-9-7-6-8-10(12)3/h6-9,11H,4-5H2,1-3H3. The molecule has 0 N–H and O–H groups in total. The van der Waals surface area contributed by atoms with Crippen molar-refractivity contribution in [2.45, 2.75) is 33.1 Å². The average Bonchev–Trinajstić information content (AvgIpc) is 2.22. The number of ether oxygens (including phenoxy) is 1. The van der Waals surface area contributed by atoms with E-state index in [1.54, 1.807) is 0 Å². The molecule has 1 rings (SSSR count). The Morgan fingerprint density at radius 1 is 1.33 bits per heavy atom. The first-order valence-corrected chi connectivity index (χ1v) is 5.42. The van der Waals surface area contributed by atoms with Crippen LogP contribution in [0.3, 0.4) is 0 Å². The first-order chi connectivity index (χ1) is 7.20. The van der Waals surface area contributed by atoms with E-state index in [1.165, 1.54) is 0 Å². The van der Waals surface area contributed by atoms with Crippen molar-refractivity contribution < 1.29 is 9.53 Å². The Morgan fingerprint density at radius 3 is 2.53 bits per heavy atom. The molecule has 0 bridgehead atoms. The van der Waals surface area contributed by atoms with Gasteiger partial charge in [-0.1, -0.05) is 31.2 Å². The van der Waals surface area contributed by atoms with E-state index in [4.69, 9.17) is 4.74 Å². The minimum absolute atomic E-state index is 0.116. The van der Waals surface area contributed by atoms with Crippen LogP contribution < -0.4 is 0 Å². The predicted molar refractivity (Wildman–Crippen MR) is 60.8 cm³/mol. The molecule has 0 aromatic heterocycles. The summed E-state index contributed by atoms with van der Waals surface area (Å²) in [5, 5.41) is 0. The van der Waals surface area contributed by atoms with E-state index in [-0.39, 0.29) is 11.9 Å². The van der Waals surface area contributed by atoms with Gasteiger partial charge in [0.1, 0.15) is 0 Å². The highest BCUT2D eigenvalue weighted by atomic mass is 16.5. The molecular formula is C13H18O2. The molecule has 0 aliphatic heterocycles. The fraction of sp³-hybridized carbons (Fsp3) is 0.462. The third-order valence-electron chi connectivity index (χ3n) is 2.54. The van der Waals surface area contributed by atoms with Crippen molar-refractivity contribution in [3.63, 3.8) is 0 Å². The number of rotatable bonds is 4. The number of carbonyl (C=O) groups is 1. The lowest BCUT2D eigenvalue weighted by Gasteiger charge is -2.15. The summed E-state index contributed by atoms with van der Waals surface area (Å²) in [6, 6.07) is 7.97. The minimum atomic E-state index is -0.119. The summed E-state index contributed by atoms with van der Waals surface area (Å²) < 4.78 is 5.07. The zero-order valence-electron chi connectivity index (χ0n) is 9.62. The van der Waals surface area contributed by atoms with Gasteiger partial charge in [0.25, 0.3) is 0 Å². The van der Waals surface area contributed by atoms with Crippen molar-refractivity contribution in [2.24, 2.45) is 0 Å². The van der Waals surface area contributed by atoms with Gasteiger partial charge in [-0.3, -0.25) is 4.79 Å². The molecule has 2 heteroatoms. The summed E-state index contributed by atoms with van der Waals surface area (Å²) in [7, 11) is 0. The summed E-state index contributed by atoms with van der Waals surface area (Å²) in [4.78, 5) is 11.7. The second kappa shape index (κ2) is 5.54. The third kappa shape index (κ3) is 2.82. The summed E-state index contributed by atoms with van der Waals surface area (Å²) in [6.45, 7) is 6.31. The van der Waals surface area contributed by atoms with Gasteiger partial charge in [-0.25, -0.2) is 0 Å². The Kier molecular flexibility index (Phi) is 4.35. The first kappa shape index (κ1) is 11.8. The smallest absolute Gasteiger partial charge is 0.313 e. The number of hydrogen-bond acceptors (Lipinski definition) is 2. The number of esters is 1. The molecule has 0 saturated carbocycles. The Morgan fingerprint density at radius 2 is 2.00 bits per heavy atom. The molecule has 0 aliphatic carbocycles. The molecule has 0 amide bonds. The molecule has 0 heterocycles. The van der Waals surface area contributed by atoms with Gasteiger partial charge >= 0.3 is 5.97 Å². The van der Waals surface area contributed by atoms with Crippen molar-refractivity contribution in [1.29, 1.82) is 0 Å². The van der Waals surface area contributed by atoms with Gasteiger partial charge in [0.15, 0.2) is 0 Å². The Labute approximate surface area is 91.3 Å². The molecule has 0 spiro atoms. The van der Waals surface area contributed by atoms with Gasteiger partial charge in [-0.15, -0.1) is 0 Å². The van der Waals surface area contributed by atoms with Crippen molar-refractivity contribution in [1.82, 2.24) is 0 Å². The van der Waals surface area contributed by atoms with Crippen LogP contribution in [0.15, 0.2) is 24.3 Å². The lowest BCUT2D eigenvalue weighted by atomic mass is 9.93. The predicted octanol–water partition coefficient (Wildman–Crippen LogP) is 3.05. The molecule has 15 heavy (non-hydrogen) atoms. The fourth-order valence-corrected chi connectivity index (χ4v) is 1.73. The number of benzene rings is 1. The molecule has 1 aromatic rings. The SMILES string of the molecule is CCOC(=O)C(CC)c1ccccc1C. The second-order valence-corrected chi connectivity index (χ2v) is 3.57. The van der Waals surface area contributed by atoms with Crippen molar-refractivity contribution >= 4 is 5.97 Å². The number of aryl methyl sites for hydroxylation is 1. The van der Waals surface area contributed by atoms with Gasteiger partial charge in [-0.2, -0.15) is 0 Å². The first-order valence-electron chi connectivity index (χ1n) is 5.42. The summed E-state index contributed by atoms with van der Waals surface area (Å²) in [6.07, 6.45) is 0.781. The van der Waals surface area contributed by atoms with Crippen LogP contribution in [0.1, 0.15) is 37.3 Å².